The van der Waals surface area contributed by atoms with Crippen LogP contribution in [0.15, 0.2) is 48.5 Å². The van der Waals surface area contributed by atoms with E-state index in [1.165, 1.54) is 0 Å². The van der Waals surface area contributed by atoms with Crippen molar-refractivity contribution in [1.82, 2.24) is 9.80 Å². The number of benzene rings is 2. The van der Waals surface area contributed by atoms with E-state index in [0.29, 0.717) is 13.1 Å². The maximum absolute atomic E-state index is 12.0. The molecule has 2 aromatic rings. The van der Waals surface area contributed by atoms with E-state index in [1.807, 2.05) is 86.5 Å². The number of carbonyl (C=O) groups excluding carboxylic acids is 2. The summed E-state index contributed by atoms with van der Waals surface area (Å²) in [5.74, 6) is 0.251. The van der Waals surface area contributed by atoms with Crippen molar-refractivity contribution >= 4 is 11.6 Å². The predicted octanol–water partition coefficient (Wildman–Crippen LogP) is 2.77. The van der Waals surface area contributed by atoms with E-state index in [4.69, 9.17) is 0 Å². The number of rotatable bonds is 8. The van der Waals surface area contributed by atoms with Gasteiger partial charge >= 0.3 is 0 Å². The highest BCUT2D eigenvalue weighted by Gasteiger charge is 2.08. The quantitative estimate of drug-likeness (QED) is 0.694. The van der Waals surface area contributed by atoms with E-state index in [1.54, 1.807) is 0 Å². The minimum atomic E-state index is 0.125. The summed E-state index contributed by atoms with van der Waals surface area (Å²) in [7, 11) is 7.55. The number of hydrogen-bond donors (Lipinski definition) is 0. The summed E-state index contributed by atoms with van der Waals surface area (Å²) in [6.45, 7) is 0.837. The van der Waals surface area contributed by atoms with Gasteiger partial charge in [-0.05, 0) is 45.7 Å². The average molecular weight is 338 g/mol. The van der Waals surface area contributed by atoms with Gasteiger partial charge in [-0.15, -0.1) is 0 Å². The summed E-state index contributed by atoms with van der Waals surface area (Å²) in [6.07, 6.45) is 0.782. The van der Waals surface area contributed by atoms with Gasteiger partial charge in [-0.2, -0.15) is 0 Å². The van der Waals surface area contributed by atoms with Gasteiger partial charge in [0.25, 0.3) is 0 Å². The van der Waals surface area contributed by atoms with E-state index in [-0.39, 0.29) is 11.6 Å². The fourth-order valence-corrected chi connectivity index (χ4v) is 2.61. The van der Waals surface area contributed by atoms with Crippen molar-refractivity contribution in [2.75, 3.05) is 41.3 Å². The van der Waals surface area contributed by atoms with Crippen molar-refractivity contribution in [3.05, 3.63) is 70.8 Å². The van der Waals surface area contributed by atoms with Crippen LogP contribution in [0.5, 0.6) is 0 Å². The lowest BCUT2D eigenvalue weighted by Crippen LogP contribution is -2.21. The Bertz CT molecular complexity index is 653. The molecule has 0 saturated heterocycles. The molecule has 0 fully saturated rings. The van der Waals surface area contributed by atoms with Crippen LogP contribution >= 0.6 is 0 Å². The fourth-order valence-electron chi connectivity index (χ4n) is 2.61. The van der Waals surface area contributed by atoms with Gasteiger partial charge in [0.05, 0.1) is 13.1 Å². The molecule has 0 aliphatic carbocycles. The predicted molar refractivity (Wildman–Crippen MR) is 101 cm³/mol. The molecule has 4 nitrogen and oxygen atoms in total. The van der Waals surface area contributed by atoms with Crippen molar-refractivity contribution in [3.63, 3.8) is 0 Å². The van der Waals surface area contributed by atoms with Gasteiger partial charge in [0, 0.05) is 11.1 Å². The topological polar surface area (TPSA) is 40.6 Å². The summed E-state index contributed by atoms with van der Waals surface area (Å²) < 4.78 is 0. The first-order valence-electron chi connectivity index (χ1n) is 8.39. The zero-order chi connectivity index (χ0) is 18.4. The first-order valence-corrected chi connectivity index (χ1v) is 8.39. The zero-order valence-corrected chi connectivity index (χ0v) is 15.5. The largest absolute Gasteiger partial charge is 0.302 e. The number of ketones is 2. The second-order valence-electron chi connectivity index (χ2n) is 6.89. The second kappa shape index (κ2) is 8.70. The first-order chi connectivity index (χ1) is 11.8. The molecule has 0 heterocycles. The molecule has 0 aliphatic rings. The van der Waals surface area contributed by atoms with Crippen LogP contribution < -0.4 is 0 Å². The van der Waals surface area contributed by atoms with Gasteiger partial charge in [-0.3, -0.25) is 9.59 Å². The van der Waals surface area contributed by atoms with Crippen LogP contribution in [-0.4, -0.2) is 62.6 Å². The lowest BCUT2D eigenvalue weighted by Gasteiger charge is -2.10. The maximum Gasteiger partial charge on any atom is 0.176 e. The highest BCUT2D eigenvalue weighted by Crippen LogP contribution is 2.13. The Morgan fingerprint density at radius 3 is 1.24 bits per heavy atom. The highest BCUT2D eigenvalue weighted by molar-refractivity contribution is 5.98. The second-order valence-corrected chi connectivity index (χ2v) is 6.89. The summed E-state index contributed by atoms with van der Waals surface area (Å²) in [5.41, 5.74) is 3.77. The van der Waals surface area contributed by atoms with Crippen molar-refractivity contribution in [3.8, 4) is 0 Å². The molecule has 25 heavy (non-hydrogen) atoms. The maximum atomic E-state index is 12.0. The van der Waals surface area contributed by atoms with Crippen molar-refractivity contribution in [2.45, 2.75) is 6.42 Å². The molecule has 0 spiro atoms. The number of Topliss-reactive ketones (excluding diaryl/α,β-unsaturated/α-hetero) is 2. The molecule has 0 saturated carbocycles. The Morgan fingerprint density at radius 2 is 0.960 bits per heavy atom. The van der Waals surface area contributed by atoms with E-state index in [0.717, 1.165) is 28.7 Å². The van der Waals surface area contributed by atoms with Gasteiger partial charge in [0.1, 0.15) is 0 Å². The zero-order valence-electron chi connectivity index (χ0n) is 15.5. The van der Waals surface area contributed by atoms with Crippen LogP contribution in [0.25, 0.3) is 0 Å². The SMILES string of the molecule is CN(C)CC(=O)c1ccc(Cc2ccc(C(=O)CN(C)C)cc2)cc1. The number of carbonyl (C=O) groups is 2. The fraction of sp³-hybridized carbons (Fsp3) is 0.333. The smallest absolute Gasteiger partial charge is 0.176 e. The van der Waals surface area contributed by atoms with E-state index in [9.17, 15) is 9.59 Å². The van der Waals surface area contributed by atoms with E-state index in [2.05, 4.69) is 0 Å². The molecular weight excluding hydrogens is 312 g/mol. The highest BCUT2D eigenvalue weighted by atomic mass is 16.1. The summed E-state index contributed by atoms with van der Waals surface area (Å²) in [6, 6.07) is 15.5. The number of hydrogen-bond acceptors (Lipinski definition) is 4. The lowest BCUT2D eigenvalue weighted by molar-refractivity contribution is 0.0949. The lowest BCUT2D eigenvalue weighted by atomic mass is 10.0. The minimum Gasteiger partial charge on any atom is -0.302 e. The Kier molecular flexibility index (Phi) is 6.62. The van der Waals surface area contributed by atoms with Gasteiger partial charge in [0.15, 0.2) is 11.6 Å². The molecule has 4 heteroatoms. The summed E-state index contributed by atoms with van der Waals surface area (Å²) in [5, 5.41) is 0. The first kappa shape index (κ1) is 19.0. The standard InChI is InChI=1S/C21H26N2O2/c1-22(2)14-20(24)18-9-5-16(6-10-18)13-17-7-11-19(12-8-17)21(25)15-23(3)4/h5-12H,13-15H2,1-4H3. The molecule has 2 aromatic carbocycles. The van der Waals surface area contributed by atoms with Gasteiger partial charge in [0.2, 0.25) is 0 Å². The summed E-state index contributed by atoms with van der Waals surface area (Å²) in [4.78, 5) is 27.8. The molecule has 0 amide bonds. The Morgan fingerprint density at radius 1 is 0.640 bits per heavy atom. The van der Waals surface area contributed by atoms with Crippen LogP contribution in [0.2, 0.25) is 0 Å². The van der Waals surface area contributed by atoms with Gasteiger partial charge in [-0.1, -0.05) is 48.5 Å². The molecule has 132 valence electrons. The molecule has 0 aliphatic heterocycles. The molecule has 2 rings (SSSR count). The molecule has 0 aromatic heterocycles. The van der Waals surface area contributed by atoms with Crippen molar-refractivity contribution in [2.24, 2.45) is 0 Å². The Hall–Kier alpha value is -2.30. The summed E-state index contributed by atoms with van der Waals surface area (Å²) >= 11 is 0. The van der Waals surface area contributed by atoms with Crippen LogP contribution in [0.1, 0.15) is 31.8 Å². The average Bonchev–Trinajstić information content (AvgIpc) is 2.55. The van der Waals surface area contributed by atoms with Gasteiger partial charge in [-0.25, -0.2) is 0 Å². The van der Waals surface area contributed by atoms with Crippen LogP contribution in [0, 0.1) is 0 Å². The van der Waals surface area contributed by atoms with E-state index < -0.39 is 0 Å². The number of likely N-dealkylation sites (N-methyl/N-ethyl adjacent to an activating group) is 2. The van der Waals surface area contributed by atoms with Crippen LogP contribution in [0.4, 0.5) is 0 Å². The Labute approximate surface area is 150 Å². The minimum absolute atomic E-state index is 0.125. The van der Waals surface area contributed by atoms with Crippen molar-refractivity contribution < 1.29 is 9.59 Å². The molecule has 0 atom stereocenters. The molecule has 0 radical (unpaired) electrons. The molecule has 0 unspecified atom stereocenters. The normalized spacial score (nSPS) is 11.1. The Balaban J connectivity index is 2.00. The van der Waals surface area contributed by atoms with Gasteiger partial charge < -0.3 is 9.80 Å². The van der Waals surface area contributed by atoms with Crippen LogP contribution in [0.3, 0.4) is 0 Å². The third-order valence-electron chi connectivity index (χ3n) is 3.88. The number of nitrogens with zero attached hydrogens (tertiary/aromatic N) is 2. The third kappa shape index (κ3) is 5.93. The monoisotopic (exact) mass is 338 g/mol. The molecular formula is C21H26N2O2. The van der Waals surface area contributed by atoms with Crippen molar-refractivity contribution in [1.29, 1.82) is 0 Å². The molecule has 0 N–H and O–H groups in total. The van der Waals surface area contributed by atoms with E-state index >= 15 is 0 Å². The molecule has 0 bridgehead atoms. The third-order valence-corrected chi connectivity index (χ3v) is 3.88. The van der Waals surface area contributed by atoms with Crippen LogP contribution in [-0.2, 0) is 6.42 Å².